The zero-order valence-corrected chi connectivity index (χ0v) is 14.9. The minimum absolute atomic E-state index is 0.134. The van der Waals surface area contributed by atoms with Gasteiger partial charge in [0.2, 0.25) is 0 Å². The third-order valence-electron chi connectivity index (χ3n) is 4.13. The van der Waals surface area contributed by atoms with E-state index >= 15 is 0 Å². The molecule has 0 spiro atoms. The van der Waals surface area contributed by atoms with Crippen molar-refractivity contribution in [1.29, 1.82) is 0 Å². The molecule has 1 saturated heterocycles. The maximum absolute atomic E-state index is 12.4. The van der Waals surface area contributed by atoms with Crippen LogP contribution in [0.15, 0.2) is 53.2 Å². The van der Waals surface area contributed by atoms with Gasteiger partial charge in [0.05, 0.1) is 0 Å². The summed E-state index contributed by atoms with van der Waals surface area (Å²) in [5.74, 6) is -2.13. The molecule has 2 aliphatic rings. The summed E-state index contributed by atoms with van der Waals surface area (Å²) in [6, 6.07) is 7.45. The molecule has 2 heterocycles. The largest absolute Gasteiger partial charge is 0.477 e. The summed E-state index contributed by atoms with van der Waals surface area (Å²) in [4.78, 5) is 37.3. The van der Waals surface area contributed by atoms with Gasteiger partial charge in [-0.2, -0.15) is 0 Å². The fraction of sp³-hybridized carbons (Fsp3) is 0.235. The fourth-order valence-electron chi connectivity index (χ4n) is 2.87. The van der Waals surface area contributed by atoms with Gasteiger partial charge >= 0.3 is 5.97 Å². The molecule has 0 bridgehead atoms. The third kappa shape index (κ3) is 3.23. The Morgan fingerprint density at radius 3 is 2.65 bits per heavy atom. The number of carboxylic acid groups (broad SMARTS) is 1. The Bertz CT molecular complexity index is 811. The predicted octanol–water partition coefficient (Wildman–Crippen LogP) is 1.21. The smallest absolute Gasteiger partial charge is 0.352 e. The number of carbonyl (C=O) groups excluding carboxylic acids is 2. The lowest BCUT2D eigenvalue weighted by atomic mass is 10.0. The first kappa shape index (κ1) is 18.5. The van der Waals surface area contributed by atoms with E-state index in [9.17, 15) is 24.6 Å². The molecule has 2 amide bonds. The maximum atomic E-state index is 12.4. The number of aliphatic hydroxyl groups excluding tert-OH is 1. The van der Waals surface area contributed by atoms with Crippen LogP contribution in [0.4, 0.5) is 0 Å². The van der Waals surface area contributed by atoms with Gasteiger partial charge in [0, 0.05) is 11.3 Å². The number of amides is 2. The lowest BCUT2D eigenvalue weighted by Crippen LogP contribution is -2.70. The number of carboxylic acids is 1. The van der Waals surface area contributed by atoms with E-state index in [4.69, 9.17) is 11.6 Å². The molecule has 3 N–H and O–H groups in total. The van der Waals surface area contributed by atoms with Crippen molar-refractivity contribution in [3.05, 3.63) is 58.8 Å². The number of β-lactam (4-membered cyclic amide) rings is 1. The zero-order valence-electron chi connectivity index (χ0n) is 13.3. The Hall–Kier alpha value is -2.29. The molecule has 0 saturated carbocycles. The van der Waals surface area contributed by atoms with Crippen molar-refractivity contribution in [3.63, 3.8) is 0 Å². The highest BCUT2D eigenvalue weighted by Crippen LogP contribution is 2.40. The molecule has 136 valence electrons. The van der Waals surface area contributed by atoms with E-state index in [0.29, 0.717) is 16.9 Å². The van der Waals surface area contributed by atoms with E-state index in [-0.39, 0.29) is 5.70 Å². The number of halogens is 1. The second-order valence-corrected chi connectivity index (χ2v) is 7.04. The zero-order chi connectivity index (χ0) is 18.8. The van der Waals surface area contributed by atoms with Crippen LogP contribution in [0, 0.1) is 0 Å². The number of fused-ring (bicyclic) bond motifs is 1. The quantitative estimate of drug-likeness (QED) is 0.648. The van der Waals surface area contributed by atoms with Crippen LogP contribution in [-0.2, 0) is 14.4 Å². The Balaban J connectivity index is 1.75. The number of carbonyl (C=O) groups is 3. The molecular formula is C17H15ClN2O5S. The summed E-state index contributed by atoms with van der Waals surface area (Å²) in [6.45, 7) is 0. The Morgan fingerprint density at radius 1 is 1.35 bits per heavy atom. The van der Waals surface area contributed by atoms with E-state index in [1.807, 2.05) is 0 Å². The van der Waals surface area contributed by atoms with Gasteiger partial charge in [-0.15, -0.1) is 11.8 Å². The Labute approximate surface area is 158 Å². The van der Waals surface area contributed by atoms with E-state index in [1.54, 1.807) is 30.3 Å². The third-order valence-corrected chi connectivity index (χ3v) is 5.55. The molecule has 1 fully saturated rings. The molecule has 3 atom stereocenters. The number of benzene rings is 1. The molecule has 7 nitrogen and oxygen atoms in total. The summed E-state index contributed by atoms with van der Waals surface area (Å²) in [7, 11) is 0. The van der Waals surface area contributed by atoms with Crippen molar-refractivity contribution in [3.8, 4) is 0 Å². The minimum atomic E-state index is -1.41. The lowest BCUT2D eigenvalue weighted by Gasteiger charge is -2.49. The van der Waals surface area contributed by atoms with Crippen molar-refractivity contribution in [2.45, 2.75) is 17.5 Å². The van der Waals surface area contributed by atoms with Gasteiger partial charge in [-0.3, -0.25) is 14.5 Å². The van der Waals surface area contributed by atoms with Crippen LogP contribution in [0.1, 0.15) is 11.7 Å². The number of nitrogens with one attached hydrogen (secondary N) is 1. The number of allylic oxidation sites excluding steroid dienone is 1. The lowest BCUT2D eigenvalue weighted by molar-refractivity contribution is -0.151. The molecule has 0 radical (unpaired) electrons. The summed E-state index contributed by atoms with van der Waals surface area (Å²) < 4.78 is 0. The average Bonchev–Trinajstić information content (AvgIpc) is 2.65. The molecule has 0 aliphatic carbocycles. The average molecular weight is 395 g/mol. The summed E-state index contributed by atoms with van der Waals surface area (Å²) >= 11 is 6.85. The van der Waals surface area contributed by atoms with Crippen molar-refractivity contribution >= 4 is 41.1 Å². The van der Waals surface area contributed by atoms with E-state index < -0.39 is 35.3 Å². The van der Waals surface area contributed by atoms with Gasteiger partial charge in [0.1, 0.15) is 17.1 Å². The van der Waals surface area contributed by atoms with Crippen molar-refractivity contribution < 1.29 is 24.6 Å². The number of rotatable bonds is 5. The summed E-state index contributed by atoms with van der Waals surface area (Å²) in [5.41, 5.74) is 1.89. The topological polar surface area (TPSA) is 107 Å². The standard InChI is InChI=1S/C17H15ClN2O5S/c18-7-6-10-8-26-16-11(15(23)20(16)12(10)17(24)25)19-14(22)13(21)9-4-2-1-3-5-9/h1-7,11,13,16,21H,8H2,(H,19,22)(H,24,25)/b7-6+/t11?,13?,16-/m0/s1. The number of aliphatic hydroxyl groups is 1. The number of hydrogen-bond acceptors (Lipinski definition) is 5. The van der Waals surface area contributed by atoms with Gasteiger partial charge in [0.15, 0.2) is 6.10 Å². The van der Waals surface area contributed by atoms with Crippen LogP contribution >= 0.6 is 23.4 Å². The molecular weight excluding hydrogens is 380 g/mol. The van der Waals surface area contributed by atoms with Crippen molar-refractivity contribution in [1.82, 2.24) is 10.2 Å². The van der Waals surface area contributed by atoms with Crippen LogP contribution in [0.3, 0.4) is 0 Å². The highest BCUT2D eigenvalue weighted by Gasteiger charge is 2.54. The van der Waals surface area contributed by atoms with Gasteiger partial charge < -0.3 is 15.5 Å². The number of thioether (sulfide) groups is 1. The molecule has 0 aromatic heterocycles. The maximum Gasteiger partial charge on any atom is 0.352 e. The van der Waals surface area contributed by atoms with Crippen molar-refractivity contribution in [2.75, 3.05) is 5.75 Å². The first-order valence-corrected chi connectivity index (χ1v) is 9.15. The van der Waals surface area contributed by atoms with Gasteiger partial charge in [-0.05, 0) is 17.2 Å². The highest BCUT2D eigenvalue weighted by molar-refractivity contribution is 8.00. The summed E-state index contributed by atoms with van der Waals surface area (Å²) in [6.07, 6.45) is 0.0305. The molecule has 2 aliphatic heterocycles. The second kappa shape index (κ2) is 7.53. The Kier molecular flexibility index (Phi) is 5.36. The van der Waals surface area contributed by atoms with Crippen LogP contribution in [0.2, 0.25) is 0 Å². The van der Waals surface area contributed by atoms with Gasteiger partial charge in [0.25, 0.3) is 11.8 Å². The SMILES string of the molecule is O=C(O)C1=C(/C=C/Cl)CS[C@H]2C(NC(=O)C(O)c3ccccc3)C(=O)N12. The predicted molar refractivity (Wildman–Crippen MR) is 96.1 cm³/mol. The van der Waals surface area contributed by atoms with Gasteiger partial charge in [-0.1, -0.05) is 41.9 Å². The normalized spacial score (nSPS) is 23.5. The first-order chi connectivity index (χ1) is 12.5. The summed E-state index contributed by atoms with van der Waals surface area (Å²) in [5, 5.41) is 21.5. The van der Waals surface area contributed by atoms with E-state index in [0.717, 1.165) is 4.90 Å². The van der Waals surface area contributed by atoms with Crippen LogP contribution in [0.5, 0.6) is 0 Å². The molecule has 26 heavy (non-hydrogen) atoms. The highest BCUT2D eigenvalue weighted by atomic mass is 35.5. The number of nitrogens with zero attached hydrogens (tertiary/aromatic N) is 1. The molecule has 9 heteroatoms. The monoisotopic (exact) mass is 394 g/mol. The van der Waals surface area contributed by atoms with Crippen LogP contribution < -0.4 is 5.32 Å². The van der Waals surface area contributed by atoms with E-state index in [2.05, 4.69) is 5.32 Å². The molecule has 2 unspecified atom stereocenters. The molecule has 1 aromatic carbocycles. The first-order valence-electron chi connectivity index (χ1n) is 7.67. The molecule has 1 aromatic rings. The second-order valence-electron chi connectivity index (χ2n) is 5.68. The molecule has 3 rings (SSSR count). The van der Waals surface area contributed by atoms with Crippen LogP contribution in [0.25, 0.3) is 0 Å². The van der Waals surface area contributed by atoms with Crippen LogP contribution in [-0.4, -0.2) is 50.1 Å². The van der Waals surface area contributed by atoms with Crippen molar-refractivity contribution in [2.24, 2.45) is 0 Å². The van der Waals surface area contributed by atoms with Gasteiger partial charge in [-0.25, -0.2) is 4.79 Å². The Morgan fingerprint density at radius 2 is 2.04 bits per heavy atom. The minimum Gasteiger partial charge on any atom is -0.477 e. The van der Waals surface area contributed by atoms with E-state index in [1.165, 1.54) is 23.4 Å². The number of hydrogen-bond donors (Lipinski definition) is 3. The number of aliphatic carboxylic acids is 1. The fourth-order valence-corrected chi connectivity index (χ4v) is 4.34.